The van der Waals surface area contributed by atoms with Gasteiger partial charge in [-0.05, 0) is 32.1 Å². The second-order valence-corrected chi connectivity index (χ2v) is 10.2. The molecule has 258 valence electrons. The second-order valence-electron chi connectivity index (χ2n) is 10.2. The number of carbonyl (C=O) groups is 10. The van der Waals surface area contributed by atoms with Crippen LogP contribution in [-0.2, 0) is 47.9 Å². The van der Waals surface area contributed by atoms with Crippen molar-refractivity contribution in [1.82, 2.24) is 21.3 Å². The van der Waals surface area contributed by atoms with Gasteiger partial charge in [0.2, 0.25) is 53.2 Å². The van der Waals surface area contributed by atoms with Crippen molar-refractivity contribution in [2.45, 2.75) is 94.4 Å². The molecule has 0 aliphatic rings. The maximum Gasteiger partial charge on any atom is 0.326 e. The number of carboxylic acid groups (broad SMARTS) is 1. The number of nitrogens with two attached hydrogens (primary N) is 6. The maximum atomic E-state index is 13.3. The molecule has 0 aromatic heterocycles. The normalized spacial score (nSPS) is 13.8. The predicted octanol–water partition coefficient (Wildman–Crippen LogP) is -6.34. The van der Waals surface area contributed by atoms with Gasteiger partial charge in [0.15, 0.2) is 0 Å². The van der Waals surface area contributed by atoms with Crippen LogP contribution in [0.25, 0.3) is 0 Å². The Hall–Kier alpha value is -5.34. The molecule has 0 aromatic carbocycles. The van der Waals surface area contributed by atoms with Crippen molar-refractivity contribution in [2.24, 2.45) is 34.4 Å². The van der Waals surface area contributed by atoms with Crippen molar-refractivity contribution in [3.63, 3.8) is 0 Å². The Morgan fingerprint density at radius 2 is 0.652 bits per heavy atom. The number of nitrogens with one attached hydrogen (secondary N) is 4. The average Bonchev–Trinajstić information content (AvgIpc) is 2.94. The molecule has 0 radical (unpaired) electrons. The minimum atomic E-state index is -1.61. The third-order valence-corrected chi connectivity index (χ3v) is 6.27. The van der Waals surface area contributed by atoms with Gasteiger partial charge in [-0.25, -0.2) is 4.79 Å². The van der Waals surface area contributed by atoms with Gasteiger partial charge >= 0.3 is 5.97 Å². The van der Waals surface area contributed by atoms with Crippen molar-refractivity contribution in [2.75, 3.05) is 0 Å². The van der Waals surface area contributed by atoms with Crippen molar-refractivity contribution in [3.05, 3.63) is 0 Å². The topological polar surface area (TPSA) is 395 Å². The van der Waals surface area contributed by atoms with Gasteiger partial charge in [0.25, 0.3) is 0 Å². The zero-order valence-electron chi connectivity index (χ0n) is 25.0. The van der Waals surface area contributed by atoms with Crippen LogP contribution in [0.15, 0.2) is 0 Å². The first kappa shape index (κ1) is 40.7. The van der Waals surface area contributed by atoms with Crippen molar-refractivity contribution >= 4 is 59.1 Å². The highest BCUT2D eigenvalue weighted by atomic mass is 16.4. The van der Waals surface area contributed by atoms with Crippen LogP contribution < -0.4 is 55.7 Å². The molecule has 0 aromatic rings. The minimum absolute atomic E-state index is 0.172. The molecule has 0 heterocycles. The molecule has 0 saturated heterocycles. The summed E-state index contributed by atoms with van der Waals surface area (Å²) in [4.78, 5) is 120. The molecule has 0 rings (SSSR count). The summed E-state index contributed by atoms with van der Waals surface area (Å²) in [5, 5.41) is 18.3. The van der Waals surface area contributed by atoms with Gasteiger partial charge in [0.1, 0.15) is 24.2 Å². The van der Waals surface area contributed by atoms with Gasteiger partial charge in [-0.2, -0.15) is 0 Å². The molecule has 5 atom stereocenters. The quantitative estimate of drug-likeness (QED) is 0.0461. The Kier molecular flexibility index (Phi) is 18.2. The lowest BCUT2D eigenvalue weighted by Crippen LogP contribution is -2.58. The van der Waals surface area contributed by atoms with Crippen LogP contribution in [0.2, 0.25) is 0 Å². The van der Waals surface area contributed by atoms with Crippen LogP contribution in [0, 0.1) is 0 Å². The van der Waals surface area contributed by atoms with Crippen LogP contribution in [0.4, 0.5) is 0 Å². The third-order valence-electron chi connectivity index (χ3n) is 6.27. The third kappa shape index (κ3) is 17.7. The van der Waals surface area contributed by atoms with E-state index in [4.69, 9.17) is 34.4 Å². The van der Waals surface area contributed by atoms with E-state index < -0.39 is 134 Å². The first-order valence-corrected chi connectivity index (χ1v) is 13.9. The Balaban J connectivity index is 6.07. The summed E-state index contributed by atoms with van der Waals surface area (Å²) in [6, 6.07) is -7.60. The molecule has 0 saturated carbocycles. The largest absolute Gasteiger partial charge is 0.480 e. The summed E-state index contributed by atoms with van der Waals surface area (Å²) in [5.74, 6) is -9.85. The number of primary amides is 5. The predicted molar refractivity (Wildman–Crippen MR) is 155 cm³/mol. The monoisotopic (exact) mass is 658 g/mol. The molecule has 17 N–H and O–H groups in total. The van der Waals surface area contributed by atoms with Crippen LogP contribution in [0.1, 0.15) is 64.2 Å². The lowest BCUT2D eigenvalue weighted by molar-refractivity contribution is -0.143. The Bertz CT molecular complexity index is 1180. The van der Waals surface area contributed by atoms with Crippen LogP contribution in [0.5, 0.6) is 0 Å². The standard InChI is InChI=1S/C25H42N10O11/c26-11(1-6-16(27)36)21(41)32-12(2-7-17(28)37)22(42)33-13(3-8-18(29)38)23(43)34-14(4-9-19(30)39)24(44)35-15(25(45)46)5-10-20(31)40/h11-15H,1-10,26H2,(H2,27,36)(H2,28,37)(H2,29,38)(H2,30,39)(H2,31,40)(H,32,41)(H,33,42)(H,34,43)(H,35,44)(H,45,46)/t11-,12-,13-,14-,15-/m0/s1. The van der Waals surface area contributed by atoms with E-state index >= 15 is 0 Å². The van der Waals surface area contributed by atoms with E-state index in [0.717, 1.165) is 0 Å². The number of carbonyl (C=O) groups excluding carboxylic acids is 9. The van der Waals surface area contributed by atoms with E-state index in [1.807, 2.05) is 0 Å². The molecule has 21 nitrogen and oxygen atoms in total. The zero-order valence-corrected chi connectivity index (χ0v) is 25.0. The van der Waals surface area contributed by atoms with Crippen LogP contribution in [0.3, 0.4) is 0 Å². The maximum absolute atomic E-state index is 13.3. The molecule has 21 heteroatoms. The Morgan fingerprint density at radius 3 is 0.935 bits per heavy atom. The fraction of sp³-hybridized carbons (Fsp3) is 0.600. The van der Waals surface area contributed by atoms with E-state index in [1.54, 1.807) is 0 Å². The molecule has 0 spiro atoms. The summed E-state index contributed by atoms with van der Waals surface area (Å²) in [5.41, 5.74) is 31.3. The summed E-state index contributed by atoms with van der Waals surface area (Å²) in [7, 11) is 0. The fourth-order valence-electron chi connectivity index (χ4n) is 3.73. The lowest BCUT2D eigenvalue weighted by atomic mass is 10.0. The van der Waals surface area contributed by atoms with E-state index in [-0.39, 0.29) is 19.3 Å². The van der Waals surface area contributed by atoms with Gasteiger partial charge in [-0.1, -0.05) is 0 Å². The SMILES string of the molecule is NC(=O)CC[C@H](NC(=O)[C@H](CCC(N)=O)NC(=O)[C@H](CCC(N)=O)NC(=O)[C@H](CCC(N)=O)NC(=O)[C@@H](N)CCC(N)=O)C(=O)O. The van der Waals surface area contributed by atoms with E-state index in [9.17, 15) is 53.1 Å². The van der Waals surface area contributed by atoms with E-state index in [1.165, 1.54) is 0 Å². The van der Waals surface area contributed by atoms with Gasteiger partial charge in [-0.15, -0.1) is 0 Å². The Labute approximate surface area is 262 Å². The molecular formula is C25H42N10O11. The summed E-state index contributed by atoms with van der Waals surface area (Å²) >= 11 is 0. The summed E-state index contributed by atoms with van der Waals surface area (Å²) < 4.78 is 0. The molecule has 0 bridgehead atoms. The first-order chi connectivity index (χ1) is 21.3. The molecule has 9 amide bonds. The van der Waals surface area contributed by atoms with E-state index in [2.05, 4.69) is 21.3 Å². The second kappa shape index (κ2) is 20.6. The van der Waals surface area contributed by atoms with Crippen molar-refractivity contribution < 1.29 is 53.1 Å². The fourth-order valence-corrected chi connectivity index (χ4v) is 3.73. The van der Waals surface area contributed by atoms with Gasteiger partial charge in [0, 0.05) is 32.1 Å². The molecule has 46 heavy (non-hydrogen) atoms. The number of aliphatic carboxylic acids is 1. The molecule has 0 aliphatic heterocycles. The molecule has 0 fully saturated rings. The van der Waals surface area contributed by atoms with Crippen molar-refractivity contribution in [3.8, 4) is 0 Å². The Morgan fingerprint density at radius 1 is 0.413 bits per heavy atom. The first-order valence-electron chi connectivity index (χ1n) is 13.9. The van der Waals surface area contributed by atoms with Crippen LogP contribution >= 0.6 is 0 Å². The highest BCUT2D eigenvalue weighted by Crippen LogP contribution is 2.07. The summed E-state index contributed by atoms with van der Waals surface area (Å²) in [6.45, 7) is 0. The summed E-state index contributed by atoms with van der Waals surface area (Å²) in [6.07, 6.45) is -3.73. The van der Waals surface area contributed by atoms with Gasteiger partial charge in [0.05, 0.1) is 6.04 Å². The number of carboxylic acids is 1. The lowest BCUT2D eigenvalue weighted by Gasteiger charge is -2.26. The molecular weight excluding hydrogens is 616 g/mol. The number of rotatable bonds is 24. The number of hydrogen-bond acceptors (Lipinski definition) is 11. The van der Waals surface area contributed by atoms with Gasteiger partial charge < -0.3 is 60.8 Å². The number of amides is 9. The minimum Gasteiger partial charge on any atom is -0.480 e. The van der Waals surface area contributed by atoms with Crippen LogP contribution in [-0.4, -0.2) is 94.4 Å². The average molecular weight is 659 g/mol. The smallest absolute Gasteiger partial charge is 0.326 e. The van der Waals surface area contributed by atoms with Gasteiger partial charge in [-0.3, -0.25) is 43.2 Å². The molecule has 0 unspecified atom stereocenters. The highest BCUT2D eigenvalue weighted by molar-refractivity contribution is 5.96. The number of hydrogen-bond donors (Lipinski definition) is 11. The highest BCUT2D eigenvalue weighted by Gasteiger charge is 2.32. The van der Waals surface area contributed by atoms with E-state index in [0.29, 0.717) is 0 Å². The molecule has 0 aliphatic carbocycles. The zero-order chi connectivity index (χ0) is 35.6. The van der Waals surface area contributed by atoms with Crippen molar-refractivity contribution in [1.29, 1.82) is 0 Å².